The third-order valence-electron chi connectivity index (χ3n) is 1.80. The van der Waals surface area contributed by atoms with Gasteiger partial charge in [0, 0.05) is 18.4 Å². The highest BCUT2D eigenvalue weighted by atomic mass is 32.2. The highest BCUT2D eigenvalue weighted by Gasteiger charge is 2.14. The van der Waals surface area contributed by atoms with Crippen molar-refractivity contribution in [1.82, 2.24) is 9.71 Å². The predicted molar refractivity (Wildman–Crippen MR) is 55.2 cm³/mol. The highest BCUT2D eigenvalue weighted by Crippen LogP contribution is 2.10. The molecule has 1 heterocycles. The minimum absolute atomic E-state index is 0.378. The molecule has 0 saturated carbocycles. The molecule has 1 unspecified atom stereocenters. The first-order chi connectivity index (χ1) is 7.05. The predicted octanol–water partition coefficient (Wildman–Crippen LogP) is 0.586. The molecule has 15 heavy (non-hydrogen) atoms. The van der Waals surface area contributed by atoms with E-state index in [9.17, 15) is 8.42 Å². The maximum absolute atomic E-state index is 11.3. The van der Waals surface area contributed by atoms with Gasteiger partial charge in [0.1, 0.15) is 0 Å². The van der Waals surface area contributed by atoms with E-state index in [1.54, 1.807) is 37.5 Å². The summed E-state index contributed by atoms with van der Waals surface area (Å²) >= 11 is 0. The van der Waals surface area contributed by atoms with Crippen molar-refractivity contribution in [3.8, 4) is 6.07 Å². The molecule has 6 heteroatoms. The van der Waals surface area contributed by atoms with Crippen molar-refractivity contribution < 1.29 is 8.42 Å². The Kier molecular flexibility index (Phi) is 3.77. The normalized spacial score (nSPS) is 13.1. The minimum atomic E-state index is -3.52. The Morgan fingerprint density at radius 1 is 1.67 bits per heavy atom. The Balaban J connectivity index is 2.73. The SMILES string of the molecule is CC(NS(=O)(=O)CC#N)c1cccnc1. The zero-order valence-electron chi connectivity index (χ0n) is 8.21. The summed E-state index contributed by atoms with van der Waals surface area (Å²) in [6, 6.07) is 4.72. The van der Waals surface area contributed by atoms with Crippen molar-refractivity contribution in [2.45, 2.75) is 13.0 Å². The van der Waals surface area contributed by atoms with E-state index >= 15 is 0 Å². The molecule has 0 radical (unpaired) electrons. The molecule has 1 N–H and O–H groups in total. The Morgan fingerprint density at radius 3 is 2.93 bits per heavy atom. The molecule has 0 aliphatic carbocycles. The summed E-state index contributed by atoms with van der Waals surface area (Å²) < 4.78 is 24.9. The molecular weight excluding hydrogens is 214 g/mol. The van der Waals surface area contributed by atoms with Gasteiger partial charge in [-0.05, 0) is 18.6 Å². The Bertz CT molecular complexity index is 450. The van der Waals surface area contributed by atoms with Gasteiger partial charge in [-0.3, -0.25) is 4.98 Å². The molecule has 0 spiro atoms. The number of sulfonamides is 1. The first-order valence-electron chi connectivity index (χ1n) is 4.32. The Morgan fingerprint density at radius 2 is 2.40 bits per heavy atom. The molecule has 0 amide bonds. The summed E-state index contributed by atoms with van der Waals surface area (Å²) in [6.07, 6.45) is 3.19. The lowest BCUT2D eigenvalue weighted by Crippen LogP contribution is -2.28. The average molecular weight is 225 g/mol. The standard InChI is InChI=1S/C9H11N3O2S/c1-8(9-3-2-5-11-7-9)12-15(13,14)6-4-10/h2-3,5,7-8,12H,6H2,1H3. The van der Waals surface area contributed by atoms with Gasteiger partial charge in [-0.15, -0.1) is 0 Å². The fourth-order valence-corrected chi connectivity index (χ4v) is 2.02. The largest absolute Gasteiger partial charge is 0.264 e. The molecule has 5 nitrogen and oxygen atoms in total. The second-order valence-corrected chi connectivity index (χ2v) is 4.80. The number of hydrogen-bond donors (Lipinski definition) is 1. The molecule has 0 aliphatic heterocycles. The molecule has 0 aliphatic rings. The lowest BCUT2D eigenvalue weighted by Gasteiger charge is -2.12. The lowest BCUT2D eigenvalue weighted by molar-refractivity contribution is 0.570. The topological polar surface area (TPSA) is 82.9 Å². The number of rotatable bonds is 4. The first-order valence-corrected chi connectivity index (χ1v) is 5.97. The van der Waals surface area contributed by atoms with Gasteiger partial charge in [-0.25, -0.2) is 13.1 Å². The van der Waals surface area contributed by atoms with Gasteiger partial charge in [0.15, 0.2) is 5.75 Å². The van der Waals surface area contributed by atoms with E-state index in [-0.39, 0.29) is 6.04 Å². The third-order valence-corrected chi connectivity index (χ3v) is 3.02. The van der Waals surface area contributed by atoms with Crippen LogP contribution in [0, 0.1) is 11.3 Å². The first kappa shape index (κ1) is 11.6. The van der Waals surface area contributed by atoms with Gasteiger partial charge in [0.2, 0.25) is 10.0 Å². The van der Waals surface area contributed by atoms with Crippen LogP contribution in [0.15, 0.2) is 24.5 Å². The molecule has 80 valence electrons. The average Bonchev–Trinajstić information content (AvgIpc) is 2.18. The van der Waals surface area contributed by atoms with Crippen LogP contribution in [-0.2, 0) is 10.0 Å². The van der Waals surface area contributed by atoms with Crippen LogP contribution in [0.4, 0.5) is 0 Å². The van der Waals surface area contributed by atoms with Crippen LogP contribution in [0.25, 0.3) is 0 Å². The van der Waals surface area contributed by atoms with Crippen LogP contribution >= 0.6 is 0 Å². The number of hydrogen-bond acceptors (Lipinski definition) is 4. The molecule has 0 aromatic carbocycles. The lowest BCUT2D eigenvalue weighted by atomic mass is 10.2. The van der Waals surface area contributed by atoms with E-state index in [4.69, 9.17) is 5.26 Å². The number of nitriles is 1. The van der Waals surface area contributed by atoms with Gasteiger partial charge in [-0.2, -0.15) is 5.26 Å². The monoisotopic (exact) mass is 225 g/mol. The molecular formula is C9H11N3O2S. The molecule has 1 aromatic rings. The zero-order valence-corrected chi connectivity index (χ0v) is 9.03. The van der Waals surface area contributed by atoms with Crippen LogP contribution in [-0.4, -0.2) is 19.2 Å². The summed E-state index contributed by atoms with van der Waals surface area (Å²) in [5.41, 5.74) is 0.763. The Labute approximate surface area is 88.8 Å². The molecule has 1 rings (SSSR count). The van der Waals surface area contributed by atoms with Crippen LogP contribution in [0.3, 0.4) is 0 Å². The summed E-state index contributed by atoms with van der Waals surface area (Å²) in [5, 5.41) is 8.30. The summed E-state index contributed by atoms with van der Waals surface area (Å²) in [4.78, 5) is 3.88. The van der Waals surface area contributed by atoms with E-state index in [1.807, 2.05) is 0 Å². The molecule has 0 saturated heterocycles. The number of nitrogens with one attached hydrogen (secondary N) is 1. The van der Waals surface area contributed by atoms with Crippen molar-refractivity contribution in [2.24, 2.45) is 0 Å². The molecule has 1 atom stereocenters. The molecule has 1 aromatic heterocycles. The van der Waals surface area contributed by atoms with Crippen LogP contribution in [0.2, 0.25) is 0 Å². The minimum Gasteiger partial charge on any atom is -0.264 e. The Hall–Kier alpha value is -1.45. The van der Waals surface area contributed by atoms with Crippen LogP contribution < -0.4 is 4.72 Å². The maximum Gasteiger partial charge on any atom is 0.225 e. The fourth-order valence-electron chi connectivity index (χ4n) is 1.10. The van der Waals surface area contributed by atoms with Crippen LogP contribution in [0.5, 0.6) is 0 Å². The smallest absolute Gasteiger partial charge is 0.225 e. The van der Waals surface area contributed by atoms with Crippen molar-refractivity contribution in [2.75, 3.05) is 5.75 Å². The second-order valence-electron chi connectivity index (χ2n) is 3.04. The number of aromatic nitrogens is 1. The van der Waals surface area contributed by atoms with Gasteiger partial charge in [-0.1, -0.05) is 6.07 Å². The van der Waals surface area contributed by atoms with E-state index in [0.717, 1.165) is 5.56 Å². The van der Waals surface area contributed by atoms with Gasteiger partial charge in [0.25, 0.3) is 0 Å². The summed E-state index contributed by atoms with van der Waals surface area (Å²) in [6.45, 7) is 1.70. The van der Waals surface area contributed by atoms with Gasteiger partial charge >= 0.3 is 0 Å². The summed E-state index contributed by atoms with van der Waals surface area (Å²) in [7, 11) is -3.52. The summed E-state index contributed by atoms with van der Waals surface area (Å²) in [5.74, 6) is -0.530. The fraction of sp³-hybridized carbons (Fsp3) is 0.333. The maximum atomic E-state index is 11.3. The van der Waals surface area contributed by atoms with Crippen molar-refractivity contribution in [3.63, 3.8) is 0 Å². The number of pyridine rings is 1. The van der Waals surface area contributed by atoms with E-state index in [2.05, 4.69) is 9.71 Å². The van der Waals surface area contributed by atoms with Crippen LogP contribution in [0.1, 0.15) is 18.5 Å². The van der Waals surface area contributed by atoms with Crippen molar-refractivity contribution >= 4 is 10.0 Å². The zero-order chi connectivity index (χ0) is 11.3. The third kappa shape index (κ3) is 3.65. The van der Waals surface area contributed by atoms with E-state index in [0.29, 0.717) is 0 Å². The van der Waals surface area contributed by atoms with Gasteiger partial charge in [0.05, 0.1) is 6.07 Å². The van der Waals surface area contributed by atoms with Crippen molar-refractivity contribution in [1.29, 1.82) is 5.26 Å². The van der Waals surface area contributed by atoms with E-state index < -0.39 is 15.8 Å². The highest BCUT2D eigenvalue weighted by molar-refractivity contribution is 7.89. The molecule has 0 fully saturated rings. The van der Waals surface area contributed by atoms with E-state index in [1.165, 1.54) is 0 Å². The second kappa shape index (κ2) is 4.87. The number of nitrogens with zero attached hydrogens (tertiary/aromatic N) is 2. The quantitative estimate of drug-likeness (QED) is 0.812. The van der Waals surface area contributed by atoms with Crippen molar-refractivity contribution in [3.05, 3.63) is 30.1 Å². The van der Waals surface area contributed by atoms with Gasteiger partial charge < -0.3 is 0 Å². The molecule has 0 bridgehead atoms.